The van der Waals surface area contributed by atoms with Gasteiger partial charge in [-0.1, -0.05) is 0 Å². The summed E-state index contributed by atoms with van der Waals surface area (Å²) in [5, 5.41) is 5.12. The Labute approximate surface area is 209 Å². The predicted octanol–water partition coefficient (Wildman–Crippen LogP) is 4.41. The number of aryl methyl sites for hydroxylation is 1. The van der Waals surface area contributed by atoms with E-state index in [9.17, 15) is 9.59 Å². The normalized spacial score (nSPS) is 22.9. The largest absolute Gasteiger partial charge is 0.339 e. The second-order valence-electron chi connectivity index (χ2n) is 12.0. The zero-order valence-corrected chi connectivity index (χ0v) is 21.4. The van der Waals surface area contributed by atoms with E-state index in [1.165, 1.54) is 28.8 Å². The van der Waals surface area contributed by atoms with Crippen molar-refractivity contribution in [2.75, 3.05) is 6.54 Å². The molecule has 2 aliphatic heterocycles. The van der Waals surface area contributed by atoms with Gasteiger partial charge >= 0.3 is 0 Å². The number of carbonyl (C=O) groups is 1. The highest BCUT2D eigenvalue weighted by Gasteiger charge is 2.49. The number of amides is 1. The maximum Gasteiger partial charge on any atom is 0.279 e. The predicted molar refractivity (Wildman–Crippen MR) is 135 cm³/mol. The highest BCUT2D eigenvalue weighted by atomic mass is 19.1. The summed E-state index contributed by atoms with van der Waals surface area (Å²) in [4.78, 5) is 28.6. The van der Waals surface area contributed by atoms with Crippen molar-refractivity contribution in [2.24, 2.45) is 5.41 Å². The molecule has 7 rings (SSSR count). The summed E-state index contributed by atoms with van der Waals surface area (Å²) in [5.41, 5.74) is 4.62. The number of fused-ring (bicyclic) bond motifs is 6. The number of halogens is 1. The van der Waals surface area contributed by atoms with E-state index in [0.29, 0.717) is 23.8 Å². The van der Waals surface area contributed by atoms with E-state index in [-0.39, 0.29) is 35.0 Å². The van der Waals surface area contributed by atoms with E-state index in [2.05, 4.69) is 22.7 Å². The van der Waals surface area contributed by atoms with E-state index < -0.39 is 5.95 Å². The van der Waals surface area contributed by atoms with E-state index in [4.69, 9.17) is 0 Å². The maximum atomic E-state index is 15.8. The van der Waals surface area contributed by atoms with Gasteiger partial charge in [0, 0.05) is 41.9 Å². The quantitative estimate of drug-likeness (QED) is 0.543. The number of aromatic nitrogens is 4. The van der Waals surface area contributed by atoms with Crippen molar-refractivity contribution in [2.45, 2.75) is 96.8 Å². The van der Waals surface area contributed by atoms with Crippen LogP contribution in [-0.2, 0) is 25.8 Å². The van der Waals surface area contributed by atoms with Gasteiger partial charge in [0.05, 0.1) is 12.2 Å². The fraction of sp³-hybridized carbons (Fsp3) is 0.607. The molecule has 8 heteroatoms. The van der Waals surface area contributed by atoms with E-state index >= 15 is 4.39 Å². The summed E-state index contributed by atoms with van der Waals surface area (Å²) < 4.78 is 21.2. The first-order valence-corrected chi connectivity index (χ1v) is 13.6. The molecule has 36 heavy (non-hydrogen) atoms. The number of rotatable bonds is 4. The van der Waals surface area contributed by atoms with Gasteiger partial charge in [-0.15, -0.1) is 0 Å². The lowest BCUT2D eigenvalue weighted by molar-refractivity contribution is 0.0601. The zero-order chi connectivity index (χ0) is 24.9. The molecule has 3 aromatic heterocycles. The number of hydrogen-bond acceptors (Lipinski definition) is 3. The Balaban J connectivity index is 1.17. The van der Waals surface area contributed by atoms with Crippen LogP contribution in [-0.4, -0.2) is 42.3 Å². The molecule has 1 spiro atoms. The van der Waals surface area contributed by atoms with E-state index in [1.807, 2.05) is 18.7 Å². The molecule has 2 atom stereocenters. The first kappa shape index (κ1) is 22.3. The molecule has 1 amide bonds. The molecule has 4 aliphatic rings. The van der Waals surface area contributed by atoms with Crippen molar-refractivity contribution in [1.82, 2.24) is 23.8 Å². The van der Waals surface area contributed by atoms with Gasteiger partial charge in [0.25, 0.3) is 11.5 Å². The van der Waals surface area contributed by atoms with Gasteiger partial charge < -0.3 is 14.0 Å². The van der Waals surface area contributed by atoms with Crippen molar-refractivity contribution in [3.63, 3.8) is 0 Å². The standard InChI is InChI=1S/C28H34FN5O2/c1-16(2)34-27(36)24-20(15-30-34)21-6-4-5-19(33(21)25(24)29)11-17(3)31-9-10-32-22(26(31)35)12-18-13-28(7-8-28)14-23(18)32/h12,15-17,19H,4-11,13-14H2,1-3H3. The minimum atomic E-state index is -0.442. The highest BCUT2D eigenvalue weighted by Crippen LogP contribution is 2.56. The molecule has 0 aromatic carbocycles. The molecule has 3 aromatic rings. The summed E-state index contributed by atoms with van der Waals surface area (Å²) in [6.45, 7) is 7.38. The lowest BCUT2D eigenvalue weighted by Crippen LogP contribution is -2.46. The van der Waals surface area contributed by atoms with Crippen LogP contribution in [0.25, 0.3) is 10.8 Å². The van der Waals surface area contributed by atoms with Gasteiger partial charge in [-0.25, -0.2) is 4.68 Å². The van der Waals surface area contributed by atoms with Gasteiger partial charge in [-0.2, -0.15) is 9.49 Å². The summed E-state index contributed by atoms with van der Waals surface area (Å²) >= 11 is 0. The fourth-order valence-electron chi connectivity index (χ4n) is 7.30. The SMILES string of the molecule is CC(CC1CCCc2c3cnn(C(C)C)c(=O)c3c(F)n21)N1CCn2c(cc3c2CC2(CC2)C3)C1=O. The molecule has 0 N–H and O–H groups in total. The third-order valence-corrected chi connectivity index (χ3v) is 9.38. The van der Waals surface area contributed by atoms with E-state index in [0.717, 1.165) is 50.0 Å². The lowest BCUT2D eigenvalue weighted by Gasteiger charge is -2.37. The second-order valence-corrected chi connectivity index (χ2v) is 12.0. The molecular formula is C28H34FN5O2. The van der Waals surface area contributed by atoms with Crippen LogP contribution in [0.1, 0.15) is 92.4 Å². The minimum Gasteiger partial charge on any atom is -0.339 e. The average Bonchev–Trinajstić information content (AvgIpc) is 3.23. The Morgan fingerprint density at radius 3 is 2.69 bits per heavy atom. The van der Waals surface area contributed by atoms with Crippen molar-refractivity contribution in [1.29, 1.82) is 0 Å². The van der Waals surface area contributed by atoms with Gasteiger partial charge in [0.1, 0.15) is 11.1 Å². The summed E-state index contributed by atoms with van der Waals surface area (Å²) in [6, 6.07) is 1.92. The van der Waals surface area contributed by atoms with Crippen molar-refractivity contribution < 1.29 is 9.18 Å². The minimum absolute atomic E-state index is 0.0166. The molecule has 0 bridgehead atoms. The topological polar surface area (TPSA) is 65.1 Å². The van der Waals surface area contributed by atoms with Gasteiger partial charge in [0.15, 0.2) is 0 Å². The van der Waals surface area contributed by atoms with Crippen LogP contribution in [0.4, 0.5) is 4.39 Å². The van der Waals surface area contributed by atoms with E-state index in [1.54, 1.807) is 10.8 Å². The maximum absolute atomic E-state index is 15.8. The van der Waals surface area contributed by atoms with Crippen molar-refractivity contribution in [3.8, 4) is 0 Å². The highest BCUT2D eigenvalue weighted by molar-refractivity contribution is 5.94. The third-order valence-electron chi connectivity index (χ3n) is 9.38. The Kier molecular flexibility index (Phi) is 4.68. The molecule has 2 unspecified atom stereocenters. The Morgan fingerprint density at radius 2 is 1.94 bits per heavy atom. The molecule has 2 aliphatic carbocycles. The first-order valence-electron chi connectivity index (χ1n) is 13.6. The average molecular weight is 492 g/mol. The van der Waals surface area contributed by atoms with Gasteiger partial charge in [-0.3, -0.25) is 9.59 Å². The third kappa shape index (κ3) is 3.05. The monoisotopic (exact) mass is 491 g/mol. The molecule has 1 fully saturated rings. The van der Waals surface area contributed by atoms with Crippen molar-refractivity contribution in [3.05, 3.63) is 51.2 Å². The van der Waals surface area contributed by atoms with Crippen LogP contribution in [0.3, 0.4) is 0 Å². The van der Waals surface area contributed by atoms with Crippen LogP contribution in [0.15, 0.2) is 17.1 Å². The summed E-state index contributed by atoms with van der Waals surface area (Å²) in [6.07, 6.45) is 9.75. The molecule has 0 radical (unpaired) electrons. The summed E-state index contributed by atoms with van der Waals surface area (Å²) in [5.74, 6) is -0.339. The number of nitrogens with zero attached hydrogens (tertiary/aromatic N) is 5. The van der Waals surface area contributed by atoms with Crippen LogP contribution < -0.4 is 5.56 Å². The van der Waals surface area contributed by atoms with Crippen LogP contribution in [0, 0.1) is 11.4 Å². The molecule has 190 valence electrons. The Hall–Kier alpha value is -2.90. The Morgan fingerprint density at radius 1 is 1.14 bits per heavy atom. The van der Waals surface area contributed by atoms with Gasteiger partial charge in [0.2, 0.25) is 5.95 Å². The molecule has 1 saturated carbocycles. The number of carbonyl (C=O) groups excluding carboxylic acids is 1. The lowest BCUT2D eigenvalue weighted by atomic mass is 9.95. The first-order chi connectivity index (χ1) is 17.3. The smallest absolute Gasteiger partial charge is 0.279 e. The van der Waals surface area contributed by atoms with Crippen LogP contribution in [0.2, 0.25) is 0 Å². The van der Waals surface area contributed by atoms with Crippen molar-refractivity contribution >= 4 is 16.7 Å². The molecular weight excluding hydrogens is 457 g/mol. The molecule has 5 heterocycles. The molecule has 0 saturated heterocycles. The molecule has 7 nitrogen and oxygen atoms in total. The van der Waals surface area contributed by atoms with Crippen LogP contribution >= 0.6 is 0 Å². The van der Waals surface area contributed by atoms with Gasteiger partial charge in [-0.05, 0) is 89.2 Å². The zero-order valence-electron chi connectivity index (χ0n) is 21.4. The summed E-state index contributed by atoms with van der Waals surface area (Å²) in [7, 11) is 0. The van der Waals surface area contributed by atoms with Crippen LogP contribution in [0.5, 0.6) is 0 Å². The fourth-order valence-corrected chi connectivity index (χ4v) is 7.30. The second kappa shape index (κ2) is 7.56. The Bertz CT molecular complexity index is 1470. The number of hydrogen-bond donors (Lipinski definition) is 0.